The first kappa shape index (κ1) is 16.6. The Morgan fingerprint density at radius 1 is 1.06 bits per heavy atom. The lowest BCUT2D eigenvalue weighted by Crippen LogP contribution is -2.26. The summed E-state index contributed by atoms with van der Waals surface area (Å²) in [6.07, 6.45) is 7.19. The highest BCUT2D eigenvalue weighted by atomic mass is 16.5. The van der Waals surface area contributed by atoms with Crippen LogP contribution in [-0.4, -0.2) is 18.5 Å². The van der Waals surface area contributed by atoms with Gasteiger partial charge in [-0.05, 0) is 19.3 Å². The highest BCUT2D eigenvalue weighted by molar-refractivity contribution is 5.83. The molecule has 0 aromatic heterocycles. The molecule has 0 rings (SSSR count). The van der Waals surface area contributed by atoms with Crippen LogP contribution in [0.2, 0.25) is 0 Å². The number of ketones is 1. The van der Waals surface area contributed by atoms with Crippen LogP contribution in [0, 0.1) is 5.92 Å². The molecule has 2 unspecified atom stereocenters. The Kier molecular flexibility index (Phi) is 10.5. The topological polar surface area (TPSA) is 26.3 Å². The zero-order valence-corrected chi connectivity index (χ0v) is 12.1. The lowest BCUT2D eigenvalue weighted by molar-refractivity contribution is -0.131. The molecule has 0 amide bonds. The number of hydrogen-bond acceptors (Lipinski definition) is 2. The molecular formula is C15H30O2. The van der Waals surface area contributed by atoms with Crippen LogP contribution in [0.15, 0.2) is 0 Å². The molecule has 0 heterocycles. The van der Waals surface area contributed by atoms with Crippen molar-refractivity contribution in [3.63, 3.8) is 0 Å². The van der Waals surface area contributed by atoms with E-state index in [0.29, 0.717) is 24.7 Å². The minimum atomic E-state index is -0.152. The molecule has 0 aliphatic carbocycles. The van der Waals surface area contributed by atoms with Gasteiger partial charge >= 0.3 is 0 Å². The van der Waals surface area contributed by atoms with Gasteiger partial charge in [0.15, 0.2) is 5.78 Å². The molecule has 17 heavy (non-hydrogen) atoms. The second-order valence-corrected chi connectivity index (χ2v) is 4.82. The minimum Gasteiger partial charge on any atom is -0.371 e. The monoisotopic (exact) mass is 242 g/mol. The standard InChI is InChI=1S/C15H30O2/c1-5-9-11-13(7-3)12-14(16)15(10-6-2)17-8-4/h13,15H,5-12H2,1-4H3. The molecular weight excluding hydrogens is 212 g/mol. The van der Waals surface area contributed by atoms with Gasteiger partial charge in [0.05, 0.1) is 0 Å². The van der Waals surface area contributed by atoms with E-state index in [1.807, 2.05) is 6.92 Å². The first-order chi connectivity index (χ1) is 8.19. The van der Waals surface area contributed by atoms with Gasteiger partial charge in [-0.3, -0.25) is 4.79 Å². The van der Waals surface area contributed by atoms with E-state index in [1.54, 1.807) is 0 Å². The van der Waals surface area contributed by atoms with Crippen LogP contribution in [0.5, 0.6) is 0 Å². The average Bonchev–Trinajstić information content (AvgIpc) is 2.33. The first-order valence-electron chi connectivity index (χ1n) is 7.33. The van der Waals surface area contributed by atoms with Crippen LogP contribution < -0.4 is 0 Å². The summed E-state index contributed by atoms with van der Waals surface area (Å²) in [5.41, 5.74) is 0. The van der Waals surface area contributed by atoms with Gasteiger partial charge in [0, 0.05) is 13.0 Å². The Bertz CT molecular complexity index is 183. The second-order valence-electron chi connectivity index (χ2n) is 4.82. The van der Waals surface area contributed by atoms with Gasteiger partial charge in [-0.25, -0.2) is 0 Å². The van der Waals surface area contributed by atoms with Crippen LogP contribution in [0.1, 0.15) is 72.6 Å². The molecule has 0 aromatic rings. The Balaban J connectivity index is 4.14. The van der Waals surface area contributed by atoms with Gasteiger partial charge in [-0.1, -0.05) is 52.9 Å². The van der Waals surface area contributed by atoms with Gasteiger partial charge in [-0.15, -0.1) is 0 Å². The molecule has 2 atom stereocenters. The Morgan fingerprint density at radius 3 is 2.24 bits per heavy atom. The van der Waals surface area contributed by atoms with E-state index in [0.717, 1.165) is 19.3 Å². The van der Waals surface area contributed by atoms with E-state index < -0.39 is 0 Å². The lowest BCUT2D eigenvalue weighted by atomic mass is 9.91. The zero-order valence-electron chi connectivity index (χ0n) is 12.1. The molecule has 0 saturated heterocycles. The maximum absolute atomic E-state index is 12.1. The van der Waals surface area contributed by atoms with Crippen molar-refractivity contribution in [2.24, 2.45) is 5.92 Å². The van der Waals surface area contributed by atoms with Gasteiger partial charge in [0.25, 0.3) is 0 Å². The summed E-state index contributed by atoms with van der Waals surface area (Å²) >= 11 is 0. The zero-order chi connectivity index (χ0) is 13.1. The first-order valence-corrected chi connectivity index (χ1v) is 7.33. The fourth-order valence-electron chi connectivity index (χ4n) is 2.16. The fourth-order valence-corrected chi connectivity index (χ4v) is 2.16. The van der Waals surface area contributed by atoms with Crippen molar-refractivity contribution in [3.05, 3.63) is 0 Å². The smallest absolute Gasteiger partial charge is 0.161 e. The Hall–Kier alpha value is -0.370. The van der Waals surface area contributed by atoms with Crippen LogP contribution in [0.3, 0.4) is 0 Å². The Labute approximate surface area is 107 Å². The molecule has 0 N–H and O–H groups in total. The number of ether oxygens (including phenoxy) is 1. The molecule has 102 valence electrons. The van der Waals surface area contributed by atoms with Gasteiger partial charge in [-0.2, -0.15) is 0 Å². The summed E-state index contributed by atoms with van der Waals surface area (Å²) in [7, 11) is 0. The number of carbonyl (C=O) groups is 1. The van der Waals surface area contributed by atoms with E-state index in [1.165, 1.54) is 19.3 Å². The number of rotatable bonds is 11. The largest absolute Gasteiger partial charge is 0.371 e. The van der Waals surface area contributed by atoms with Crippen LogP contribution in [-0.2, 0) is 9.53 Å². The van der Waals surface area contributed by atoms with Crippen molar-refractivity contribution < 1.29 is 9.53 Å². The summed E-state index contributed by atoms with van der Waals surface area (Å²) in [6.45, 7) is 9.10. The fraction of sp³-hybridized carbons (Fsp3) is 0.933. The number of hydrogen-bond donors (Lipinski definition) is 0. The molecule has 2 heteroatoms. The van der Waals surface area contributed by atoms with Crippen molar-refractivity contribution in [3.8, 4) is 0 Å². The summed E-state index contributed by atoms with van der Waals surface area (Å²) in [5.74, 6) is 0.874. The third-order valence-electron chi connectivity index (χ3n) is 3.31. The predicted molar refractivity (Wildman–Crippen MR) is 73.3 cm³/mol. The molecule has 0 fully saturated rings. The van der Waals surface area contributed by atoms with Crippen molar-refractivity contribution >= 4 is 5.78 Å². The van der Waals surface area contributed by atoms with E-state index in [2.05, 4.69) is 20.8 Å². The van der Waals surface area contributed by atoms with Gasteiger partial charge in [0.1, 0.15) is 6.10 Å². The van der Waals surface area contributed by atoms with Crippen LogP contribution in [0.25, 0.3) is 0 Å². The highest BCUT2D eigenvalue weighted by Gasteiger charge is 2.20. The van der Waals surface area contributed by atoms with E-state index >= 15 is 0 Å². The maximum atomic E-state index is 12.1. The van der Waals surface area contributed by atoms with E-state index in [9.17, 15) is 4.79 Å². The minimum absolute atomic E-state index is 0.152. The predicted octanol–water partition coefficient (Wildman–Crippen LogP) is 4.37. The summed E-state index contributed by atoms with van der Waals surface area (Å²) in [4.78, 5) is 12.1. The third-order valence-corrected chi connectivity index (χ3v) is 3.31. The second kappa shape index (κ2) is 10.8. The van der Waals surface area contributed by atoms with Crippen LogP contribution in [0.4, 0.5) is 0 Å². The molecule has 0 aliphatic heterocycles. The third kappa shape index (κ3) is 7.54. The molecule has 0 radical (unpaired) electrons. The van der Waals surface area contributed by atoms with E-state index in [4.69, 9.17) is 4.74 Å². The lowest BCUT2D eigenvalue weighted by Gasteiger charge is -2.19. The van der Waals surface area contributed by atoms with Gasteiger partial charge in [0.2, 0.25) is 0 Å². The average molecular weight is 242 g/mol. The molecule has 0 spiro atoms. The summed E-state index contributed by atoms with van der Waals surface area (Å²) < 4.78 is 5.54. The SMILES string of the molecule is CCCCC(CC)CC(=O)C(CCC)OCC. The molecule has 0 aliphatic rings. The number of unbranched alkanes of at least 4 members (excludes halogenated alkanes) is 1. The molecule has 0 saturated carbocycles. The maximum Gasteiger partial charge on any atom is 0.161 e. The quantitative estimate of drug-likeness (QED) is 0.538. The number of carbonyl (C=O) groups excluding carboxylic acids is 1. The molecule has 0 aromatic carbocycles. The molecule has 0 bridgehead atoms. The Morgan fingerprint density at radius 2 is 1.76 bits per heavy atom. The van der Waals surface area contributed by atoms with Crippen molar-refractivity contribution in [2.45, 2.75) is 78.7 Å². The van der Waals surface area contributed by atoms with Crippen LogP contribution >= 0.6 is 0 Å². The number of Topliss-reactive ketones (excluding diaryl/α,β-unsaturated/α-hetero) is 1. The highest BCUT2D eigenvalue weighted by Crippen LogP contribution is 2.19. The summed E-state index contributed by atoms with van der Waals surface area (Å²) in [5, 5.41) is 0. The van der Waals surface area contributed by atoms with Crippen molar-refractivity contribution in [1.29, 1.82) is 0 Å². The van der Waals surface area contributed by atoms with Gasteiger partial charge < -0.3 is 4.74 Å². The normalized spacial score (nSPS) is 14.6. The van der Waals surface area contributed by atoms with Crippen molar-refractivity contribution in [2.75, 3.05) is 6.61 Å². The van der Waals surface area contributed by atoms with Crippen molar-refractivity contribution in [1.82, 2.24) is 0 Å². The molecule has 2 nitrogen and oxygen atoms in total. The summed E-state index contributed by atoms with van der Waals surface area (Å²) in [6, 6.07) is 0. The van der Waals surface area contributed by atoms with E-state index in [-0.39, 0.29) is 6.10 Å².